The van der Waals surface area contributed by atoms with Gasteiger partial charge in [0.2, 0.25) is 0 Å². The maximum Gasteiger partial charge on any atom is 0.254 e. The molecule has 2 heterocycles. The van der Waals surface area contributed by atoms with E-state index < -0.39 is 6.10 Å². The van der Waals surface area contributed by atoms with Crippen molar-refractivity contribution in [1.82, 2.24) is 24.6 Å². The molecule has 0 radical (unpaired) electrons. The van der Waals surface area contributed by atoms with E-state index in [0.29, 0.717) is 5.56 Å². The number of rotatable bonds is 4. The van der Waals surface area contributed by atoms with Crippen LogP contribution < -0.4 is 5.32 Å². The number of aliphatic hydroxyl groups excluding tert-OH is 1. The van der Waals surface area contributed by atoms with E-state index >= 15 is 0 Å². The first-order chi connectivity index (χ1) is 10.7. The molecule has 2 N–H and O–H groups in total. The maximum atomic E-state index is 12.3. The Kier molecular flexibility index (Phi) is 4.24. The molecule has 2 aromatic heterocycles. The van der Waals surface area contributed by atoms with Crippen molar-refractivity contribution < 1.29 is 9.90 Å². The Balaban J connectivity index is 1.67. The first-order valence-corrected chi connectivity index (χ1v) is 7.68. The van der Waals surface area contributed by atoms with Crippen LogP contribution in [0.4, 0.5) is 0 Å². The molecule has 7 heteroatoms. The van der Waals surface area contributed by atoms with E-state index in [1.54, 1.807) is 29.6 Å². The summed E-state index contributed by atoms with van der Waals surface area (Å²) in [5, 5.41) is 17.6. The molecule has 1 aliphatic carbocycles. The van der Waals surface area contributed by atoms with Crippen LogP contribution in [0.5, 0.6) is 0 Å². The highest BCUT2D eigenvalue weighted by Gasteiger charge is 2.33. The summed E-state index contributed by atoms with van der Waals surface area (Å²) in [6, 6.07) is -0.293. The van der Waals surface area contributed by atoms with Crippen LogP contribution in [-0.4, -0.2) is 42.5 Å². The summed E-state index contributed by atoms with van der Waals surface area (Å²) in [4.78, 5) is 16.3. The van der Waals surface area contributed by atoms with Crippen LogP contribution in [0.15, 0.2) is 31.1 Å². The van der Waals surface area contributed by atoms with Crippen LogP contribution in [0.2, 0.25) is 0 Å². The lowest BCUT2D eigenvalue weighted by molar-refractivity contribution is 0.0399. The standard InChI is InChI=1S/C15H21N5O2/c1-2-20-9-11(8-17-20)15(22)18-12-4-3-5-13(14(12)21)19-7-6-16-10-19/h6-10,12-14,21H,2-5H2,1H3,(H,18,22)/t12-,13-,14-/m1/s1. The van der Waals surface area contributed by atoms with Gasteiger partial charge in [-0.2, -0.15) is 5.10 Å². The fraction of sp³-hybridized carbons (Fsp3) is 0.533. The highest BCUT2D eigenvalue weighted by molar-refractivity contribution is 5.93. The topological polar surface area (TPSA) is 85.0 Å². The van der Waals surface area contributed by atoms with Gasteiger partial charge >= 0.3 is 0 Å². The number of nitrogens with zero attached hydrogens (tertiary/aromatic N) is 4. The molecule has 118 valence electrons. The summed E-state index contributed by atoms with van der Waals surface area (Å²) >= 11 is 0. The normalized spacial score (nSPS) is 25.1. The summed E-state index contributed by atoms with van der Waals surface area (Å²) in [6.45, 7) is 2.69. The van der Waals surface area contributed by atoms with Crippen LogP contribution in [0.25, 0.3) is 0 Å². The summed E-state index contributed by atoms with van der Waals surface area (Å²) < 4.78 is 3.62. The summed E-state index contributed by atoms with van der Waals surface area (Å²) in [6.07, 6.45) is 10.5. The van der Waals surface area contributed by atoms with Gasteiger partial charge in [0, 0.05) is 25.1 Å². The fourth-order valence-corrected chi connectivity index (χ4v) is 3.01. The molecule has 0 aromatic carbocycles. The molecule has 0 saturated heterocycles. The summed E-state index contributed by atoms with van der Waals surface area (Å²) in [7, 11) is 0. The van der Waals surface area contributed by atoms with Crippen LogP contribution >= 0.6 is 0 Å². The van der Waals surface area contributed by atoms with Gasteiger partial charge in [0.05, 0.1) is 36.3 Å². The smallest absolute Gasteiger partial charge is 0.254 e. The first kappa shape index (κ1) is 14.8. The van der Waals surface area contributed by atoms with Gasteiger partial charge in [-0.15, -0.1) is 0 Å². The van der Waals surface area contributed by atoms with Crippen molar-refractivity contribution in [2.24, 2.45) is 0 Å². The molecule has 0 spiro atoms. The van der Waals surface area contributed by atoms with Gasteiger partial charge in [0.15, 0.2) is 0 Å². The minimum atomic E-state index is -0.617. The zero-order valence-electron chi connectivity index (χ0n) is 12.6. The van der Waals surface area contributed by atoms with Gasteiger partial charge < -0.3 is 15.0 Å². The molecule has 2 aromatic rings. The van der Waals surface area contributed by atoms with Crippen LogP contribution in [0, 0.1) is 0 Å². The molecule has 1 aliphatic rings. The second kappa shape index (κ2) is 6.31. The monoisotopic (exact) mass is 303 g/mol. The molecule has 0 unspecified atom stereocenters. The molecule has 0 aliphatic heterocycles. The Bertz CT molecular complexity index is 622. The van der Waals surface area contributed by atoms with Crippen molar-refractivity contribution in [1.29, 1.82) is 0 Å². The highest BCUT2D eigenvalue weighted by Crippen LogP contribution is 2.29. The van der Waals surface area contributed by atoms with Gasteiger partial charge in [0.1, 0.15) is 0 Å². The van der Waals surface area contributed by atoms with Crippen molar-refractivity contribution in [3.05, 3.63) is 36.7 Å². The Morgan fingerprint density at radius 1 is 1.50 bits per heavy atom. The second-order valence-electron chi connectivity index (χ2n) is 5.66. The SMILES string of the molecule is CCn1cc(C(=O)N[C@@H]2CCC[C@@H](n3ccnc3)[C@@H]2O)cn1. The fourth-order valence-electron chi connectivity index (χ4n) is 3.01. The van der Waals surface area contributed by atoms with Gasteiger partial charge in [0.25, 0.3) is 5.91 Å². The number of aromatic nitrogens is 4. The zero-order valence-corrected chi connectivity index (χ0v) is 12.6. The molecule has 3 atom stereocenters. The molecular formula is C15H21N5O2. The number of hydrogen-bond donors (Lipinski definition) is 2. The van der Waals surface area contributed by atoms with Crippen LogP contribution in [0.3, 0.4) is 0 Å². The minimum Gasteiger partial charge on any atom is -0.389 e. The van der Waals surface area contributed by atoms with Crippen molar-refractivity contribution in [3.63, 3.8) is 0 Å². The van der Waals surface area contributed by atoms with E-state index in [9.17, 15) is 9.90 Å². The lowest BCUT2D eigenvalue weighted by atomic mass is 9.87. The first-order valence-electron chi connectivity index (χ1n) is 7.68. The Morgan fingerprint density at radius 3 is 3.05 bits per heavy atom. The lowest BCUT2D eigenvalue weighted by Gasteiger charge is -2.35. The third kappa shape index (κ3) is 2.89. The number of nitrogens with one attached hydrogen (secondary N) is 1. The van der Waals surface area contributed by atoms with Gasteiger partial charge in [-0.3, -0.25) is 9.48 Å². The highest BCUT2D eigenvalue weighted by atomic mass is 16.3. The largest absolute Gasteiger partial charge is 0.389 e. The zero-order chi connectivity index (χ0) is 15.5. The van der Waals surface area contributed by atoms with Crippen molar-refractivity contribution in [3.8, 4) is 0 Å². The quantitative estimate of drug-likeness (QED) is 0.882. The maximum absolute atomic E-state index is 12.3. The second-order valence-corrected chi connectivity index (χ2v) is 5.66. The Labute approximate surface area is 129 Å². The van der Waals surface area contributed by atoms with E-state index in [0.717, 1.165) is 25.8 Å². The number of aliphatic hydroxyl groups is 1. The van der Waals surface area contributed by atoms with E-state index in [2.05, 4.69) is 15.4 Å². The number of carbonyl (C=O) groups excluding carboxylic acids is 1. The molecule has 3 rings (SSSR count). The van der Waals surface area contributed by atoms with Gasteiger partial charge in [-0.05, 0) is 26.2 Å². The van der Waals surface area contributed by atoms with Gasteiger partial charge in [-0.25, -0.2) is 4.98 Å². The molecule has 1 amide bonds. The number of aryl methyl sites for hydroxylation is 1. The van der Waals surface area contributed by atoms with Crippen molar-refractivity contribution in [2.45, 2.75) is 50.9 Å². The number of imidazole rings is 1. The average molecular weight is 303 g/mol. The predicted octanol–water partition coefficient (Wildman–Crippen LogP) is 0.984. The molecular weight excluding hydrogens is 282 g/mol. The molecule has 7 nitrogen and oxygen atoms in total. The Morgan fingerprint density at radius 2 is 2.36 bits per heavy atom. The average Bonchev–Trinajstić information content (AvgIpc) is 3.20. The van der Waals surface area contributed by atoms with Crippen molar-refractivity contribution in [2.75, 3.05) is 0 Å². The van der Waals surface area contributed by atoms with Gasteiger partial charge in [-0.1, -0.05) is 0 Å². The third-order valence-corrected chi connectivity index (χ3v) is 4.27. The number of hydrogen-bond acceptors (Lipinski definition) is 4. The number of carbonyl (C=O) groups is 1. The van der Waals surface area contributed by atoms with E-state index in [4.69, 9.17) is 0 Å². The molecule has 22 heavy (non-hydrogen) atoms. The molecule has 1 fully saturated rings. The van der Waals surface area contributed by atoms with Crippen LogP contribution in [0.1, 0.15) is 42.6 Å². The van der Waals surface area contributed by atoms with E-state index in [1.165, 1.54) is 0 Å². The van der Waals surface area contributed by atoms with Crippen LogP contribution in [-0.2, 0) is 6.54 Å². The van der Waals surface area contributed by atoms with E-state index in [-0.39, 0.29) is 18.0 Å². The minimum absolute atomic E-state index is 0.0417. The molecule has 1 saturated carbocycles. The van der Waals surface area contributed by atoms with Crippen molar-refractivity contribution >= 4 is 5.91 Å². The van der Waals surface area contributed by atoms with E-state index in [1.807, 2.05) is 17.7 Å². The summed E-state index contributed by atoms with van der Waals surface area (Å²) in [5.41, 5.74) is 0.527. The third-order valence-electron chi connectivity index (χ3n) is 4.27. The number of amides is 1. The summed E-state index contributed by atoms with van der Waals surface area (Å²) in [5.74, 6) is -0.185. The predicted molar refractivity (Wildman–Crippen MR) is 80.3 cm³/mol. The lowest BCUT2D eigenvalue weighted by Crippen LogP contribution is -2.49. The Hall–Kier alpha value is -2.15. The molecule has 0 bridgehead atoms.